The zero-order chi connectivity index (χ0) is 21.5. The van der Waals surface area contributed by atoms with Gasteiger partial charge < -0.3 is 15.7 Å². The minimum Gasteiger partial charge on any atom is -0.369 e. The van der Waals surface area contributed by atoms with Crippen molar-refractivity contribution in [3.05, 3.63) is 59.5 Å². The number of primary amides is 1. The summed E-state index contributed by atoms with van der Waals surface area (Å²) in [5.41, 5.74) is 4.60. The van der Waals surface area contributed by atoms with Gasteiger partial charge in [-0.3, -0.25) is 9.59 Å². The zero-order valence-electron chi connectivity index (χ0n) is 16.0. The second-order valence-corrected chi connectivity index (χ2v) is 7.06. The maximum absolute atomic E-state index is 14.3. The first-order valence-electron chi connectivity index (χ1n) is 9.16. The minimum absolute atomic E-state index is 0.0123. The molecule has 0 aliphatic carbocycles. The minimum atomic E-state index is -1.72. The van der Waals surface area contributed by atoms with Crippen LogP contribution in [0, 0.1) is 17.7 Å². The number of fused-ring (bicyclic) bond motifs is 1. The monoisotopic (exact) mass is 404 g/mol. The fourth-order valence-electron chi connectivity index (χ4n) is 3.32. The van der Waals surface area contributed by atoms with Crippen LogP contribution in [-0.2, 0) is 4.79 Å². The lowest BCUT2D eigenvalue weighted by Gasteiger charge is -2.13. The molecular formula is C22H17FN4O3. The molecule has 1 aliphatic heterocycles. The molecule has 2 aromatic carbocycles. The van der Waals surface area contributed by atoms with Gasteiger partial charge in [0.25, 0.3) is 11.8 Å². The second-order valence-electron chi connectivity index (χ2n) is 7.06. The van der Waals surface area contributed by atoms with Crippen LogP contribution >= 0.6 is 0 Å². The van der Waals surface area contributed by atoms with Gasteiger partial charge in [-0.25, -0.2) is 14.4 Å². The highest BCUT2D eigenvalue weighted by atomic mass is 19.1. The number of aliphatic hydroxyl groups is 1. The third kappa shape index (κ3) is 3.36. The number of carbonyl (C=O) groups is 2. The normalized spacial score (nSPS) is 18.4. The first kappa shape index (κ1) is 19.5. The summed E-state index contributed by atoms with van der Waals surface area (Å²) in [6.45, 7) is 0.427. The van der Waals surface area contributed by atoms with Crippen LogP contribution in [0.5, 0.6) is 0 Å². The average molecular weight is 404 g/mol. The average Bonchev–Trinajstić information content (AvgIpc) is 3.00. The Kier molecular flexibility index (Phi) is 4.68. The molecule has 1 saturated heterocycles. The van der Waals surface area contributed by atoms with E-state index in [0.29, 0.717) is 17.7 Å². The van der Waals surface area contributed by atoms with Gasteiger partial charge in [0.1, 0.15) is 17.0 Å². The number of nitrogens with zero attached hydrogens (tertiary/aromatic N) is 3. The first-order valence-corrected chi connectivity index (χ1v) is 9.16. The molecule has 2 heterocycles. The topological polar surface area (TPSA) is 109 Å². The predicted octanol–water partition coefficient (Wildman–Crippen LogP) is 1.48. The van der Waals surface area contributed by atoms with Crippen molar-refractivity contribution in [1.82, 2.24) is 14.9 Å². The lowest BCUT2D eigenvalue weighted by molar-refractivity contribution is -0.137. The fourth-order valence-corrected chi connectivity index (χ4v) is 3.32. The van der Waals surface area contributed by atoms with Gasteiger partial charge in [-0.1, -0.05) is 36.1 Å². The van der Waals surface area contributed by atoms with E-state index in [1.54, 1.807) is 31.3 Å². The van der Waals surface area contributed by atoms with Crippen molar-refractivity contribution in [1.29, 1.82) is 0 Å². The number of halogens is 1. The molecule has 30 heavy (non-hydrogen) atoms. The Morgan fingerprint density at radius 1 is 1.27 bits per heavy atom. The van der Waals surface area contributed by atoms with E-state index in [2.05, 4.69) is 21.8 Å². The SMILES string of the molecule is CN1CC[C@@](O)(C#Cc2cccc(-c3nc(C(N)=O)c4cccc(F)c4n3)c2)C1=O. The van der Waals surface area contributed by atoms with E-state index in [-0.39, 0.29) is 28.8 Å². The van der Waals surface area contributed by atoms with Gasteiger partial charge in [0.05, 0.1) is 0 Å². The Bertz CT molecular complexity index is 1260. The Labute approximate surface area is 171 Å². The number of nitrogens with two attached hydrogens (primary N) is 1. The van der Waals surface area contributed by atoms with Crippen molar-refractivity contribution in [2.45, 2.75) is 12.0 Å². The van der Waals surface area contributed by atoms with E-state index in [9.17, 15) is 19.1 Å². The molecule has 7 nitrogen and oxygen atoms in total. The van der Waals surface area contributed by atoms with E-state index < -0.39 is 23.2 Å². The number of rotatable bonds is 2. The van der Waals surface area contributed by atoms with Crippen molar-refractivity contribution >= 4 is 22.7 Å². The highest BCUT2D eigenvalue weighted by Gasteiger charge is 2.42. The maximum atomic E-state index is 14.3. The summed E-state index contributed by atoms with van der Waals surface area (Å²) in [6.07, 6.45) is 0.226. The zero-order valence-corrected chi connectivity index (χ0v) is 16.0. The molecule has 3 aromatic rings. The van der Waals surface area contributed by atoms with Crippen LogP contribution in [0.1, 0.15) is 22.5 Å². The van der Waals surface area contributed by atoms with Crippen molar-refractivity contribution in [2.24, 2.45) is 5.73 Å². The van der Waals surface area contributed by atoms with Crippen LogP contribution in [-0.4, -0.2) is 51.0 Å². The molecule has 1 aliphatic rings. The van der Waals surface area contributed by atoms with Crippen LogP contribution in [0.2, 0.25) is 0 Å². The molecule has 1 atom stereocenters. The fraction of sp³-hybridized carbons (Fsp3) is 0.182. The number of likely N-dealkylation sites (N-methyl/N-ethyl adjacent to an activating group) is 1. The summed E-state index contributed by atoms with van der Waals surface area (Å²) in [5.74, 6) is 3.73. The standard InChI is InChI=1S/C22H17FN4O3/c1-27-11-10-22(30,21(27)29)9-8-13-4-2-5-14(12-13)20-25-17-15(6-3-7-16(17)23)18(26-20)19(24)28/h2-7,12,30H,10-11H2,1H3,(H2,24,28)/t22-/m0/s1. The molecular weight excluding hydrogens is 387 g/mol. The molecule has 0 saturated carbocycles. The number of benzene rings is 2. The summed E-state index contributed by atoms with van der Waals surface area (Å²) in [4.78, 5) is 33.8. The Hall–Kier alpha value is -3.83. The largest absolute Gasteiger partial charge is 0.369 e. The molecule has 1 aromatic heterocycles. The van der Waals surface area contributed by atoms with Crippen LogP contribution in [0.25, 0.3) is 22.3 Å². The number of likely N-dealkylation sites (tertiary alicyclic amines) is 1. The van der Waals surface area contributed by atoms with E-state index in [4.69, 9.17) is 5.73 Å². The van der Waals surface area contributed by atoms with E-state index in [1.165, 1.54) is 23.1 Å². The number of carbonyl (C=O) groups excluding carboxylic acids is 2. The smallest absolute Gasteiger partial charge is 0.268 e. The highest BCUT2D eigenvalue weighted by molar-refractivity contribution is 6.04. The number of para-hydroxylation sites is 1. The van der Waals surface area contributed by atoms with Crippen LogP contribution in [0.15, 0.2) is 42.5 Å². The third-order valence-electron chi connectivity index (χ3n) is 4.95. The second kappa shape index (κ2) is 7.21. The molecule has 0 radical (unpaired) electrons. The van der Waals surface area contributed by atoms with Gasteiger partial charge in [-0.15, -0.1) is 0 Å². The van der Waals surface area contributed by atoms with Crippen LogP contribution < -0.4 is 5.73 Å². The quantitative estimate of drug-likeness (QED) is 0.629. The third-order valence-corrected chi connectivity index (χ3v) is 4.95. The van der Waals surface area contributed by atoms with Gasteiger partial charge in [0.15, 0.2) is 5.82 Å². The maximum Gasteiger partial charge on any atom is 0.268 e. The van der Waals surface area contributed by atoms with Crippen molar-refractivity contribution in [2.75, 3.05) is 13.6 Å². The van der Waals surface area contributed by atoms with Crippen molar-refractivity contribution in [3.8, 4) is 23.2 Å². The molecule has 3 N–H and O–H groups in total. The summed E-state index contributed by atoms with van der Waals surface area (Å²) in [5, 5.41) is 10.7. The molecule has 4 rings (SSSR count). The lowest BCUT2D eigenvalue weighted by Crippen LogP contribution is -2.37. The molecule has 150 valence electrons. The molecule has 8 heteroatoms. The van der Waals surface area contributed by atoms with Crippen LogP contribution in [0.4, 0.5) is 4.39 Å². The number of amides is 2. The van der Waals surface area contributed by atoms with Gasteiger partial charge >= 0.3 is 0 Å². The van der Waals surface area contributed by atoms with Gasteiger partial charge in [-0.2, -0.15) is 0 Å². The van der Waals surface area contributed by atoms with Crippen molar-refractivity contribution in [3.63, 3.8) is 0 Å². The lowest BCUT2D eigenvalue weighted by atomic mass is 10.0. The van der Waals surface area contributed by atoms with E-state index in [0.717, 1.165) is 0 Å². The first-order chi connectivity index (χ1) is 14.3. The molecule has 1 fully saturated rings. The van der Waals surface area contributed by atoms with Gasteiger partial charge in [-0.05, 0) is 18.2 Å². The highest BCUT2D eigenvalue weighted by Crippen LogP contribution is 2.25. The summed E-state index contributed by atoms with van der Waals surface area (Å²) in [7, 11) is 1.61. The summed E-state index contributed by atoms with van der Waals surface area (Å²) < 4.78 is 14.3. The Balaban J connectivity index is 1.78. The van der Waals surface area contributed by atoms with Gasteiger partial charge in [0.2, 0.25) is 5.60 Å². The predicted molar refractivity (Wildman–Crippen MR) is 108 cm³/mol. The van der Waals surface area contributed by atoms with E-state index >= 15 is 0 Å². The van der Waals surface area contributed by atoms with Crippen LogP contribution in [0.3, 0.4) is 0 Å². The van der Waals surface area contributed by atoms with Crippen molar-refractivity contribution < 1.29 is 19.1 Å². The molecule has 0 bridgehead atoms. The molecule has 0 unspecified atom stereocenters. The number of hydrogen-bond acceptors (Lipinski definition) is 5. The number of aromatic nitrogens is 2. The Morgan fingerprint density at radius 2 is 2.03 bits per heavy atom. The number of hydrogen-bond donors (Lipinski definition) is 2. The molecule has 0 spiro atoms. The summed E-state index contributed by atoms with van der Waals surface area (Å²) >= 11 is 0. The Morgan fingerprint density at radius 3 is 2.73 bits per heavy atom. The molecule has 2 amide bonds. The van der Waals surface area contributed by atoms with Gasteiger partial charge in [0, 0.05) is 36.5 Å². The van der Waals surface area contributed by atoms with E-state index in [1.807, 2.05) is 0 Å². The summed E-state index contributed by atoms with van der Waals surface area (Å²) in [6, 6.07) is 10.9.